The average Bonchev–Trinajstić information content (AvgIpc) is 2.15. The third kappa shape index (κ3) is 5.89. The SMILES string of the molecule is CCOC(C)C(=O)CC(=O)/C=C/CCl. The van der Waals surface area contributed by atoms with E-state index in [-0.39, 0.29) is 23.9 Å². The highest BCUT2D eigenvalue weighted by Crippen LogP contribution is 1.98. The lowest BCUT2D eigenvalue weighted by molar-refractivity contribution is -0.132. The molecule has 3 nitrogen and oxygen atoms in total. The van der Waals surface area contributed by atoms with Crippen molar-refractivity contribution in [3.63, 3.8) is 0 Å². The van der Waals surface area contributed by atoms with Gasteiger partial charge >= 0.3 is 0 Å². The predicted octanol–water partition coefficient (Wildman–Crippen LogP) is 1.73. The molecule has 14 heavy (non-hydrogen) atoms. The van der Waals surface area contributed by atoms with Crippen LogP contribution in [0.15, 0.2) is 12.2 Å². The molecule has 0 aromatic rings. The molecule has 0 aromatic heterocycles. The molecule has 0 aliphatic rings. The molecule has 80 valence electrons. The lowest BCUT2D eigenvalue weighted by atomic mass is 10.1. The van der Waals surface area contributed by atoms with Gasteiger partial charge < -0.3 is 4.74 Å². The summed E-state index contributed by atoms with van der Waals surface area (Å²) < 4.78 is 5.06. The number of hydrogen-bond donors (Lipinski definition) is 0. The summed E-state index contributed by atoms with van der Waals surface area (Å²) in [6, 6.07) is 0. The number of hydrogen-bond acceptors (Lipinski definition) is 3. The van der Waals surface area contributed by atoms with E-state index in [1.54, 1.807) is 13.8 Å². The van der Waals surface area contributed by atoms with Crippen molar-refractivity contribution in [2.75, 3.05) is 12.5 Å². The number of ether oxygens (including phenoxy) is 1. The van der Waals surface area contributed by atoms with Gasteiger partial charge in [0.2, 0.25) is 0 Å². The molecule has 0 spiro atoms. The molecule has 0 radical (unpaired) electrons. The van der Waals surface area contributed by atoms with E-state index in [1.165, 1.54) is 12.2 Å². The van der Waals surface area contributed by atoms with Gasteiger partial charge in [-0.2, -0.15) is 0 Å². The highest BCUT2D eigenvalue weighted by atomic mass is 35.5. The van der Waals surface area contributed by atoms with E-state index >= 15 is 0 Å². The van der Waals surface area contributed by atoms with E-state index in [2.05, 4.69) is 0 Å². The van der Waals surface area contributed by atoms with Crippen LogP contribution >= 0.6 is 11.6 Å². The number of Topliss-reactive ketones (excluding diaryl/α,β-unsaturated/α-hetero) is 1. The van der Waals surface area contributed by atoms with Crippen LogP contribution in [-0.2, 0) is 14.3 Å². The van der Waals surface area contributed by atoms with Crippen LogP contribution < -0.4 is 0 Å². The molecule has 0 bridgehead atoms. The minimum Gasteiger partial charge on any atom is -0.371 e. The van der Waals surface area contributed by atoms with E-state index in [0.717, 1.165) is 0 Å². The number of carbonyl (C=O) groups is 2. The maximum absolute atomic E-state index is 11.3. The average molecular weight is 219 g/mol. The number of allylic oxidation sites excluding steroid dienone is 2. The molecule has 0 N–H and O–H groups in total. The van der Waals surface area contributed by atoms with E-state index in [4.69, 9.17) is 16.3 Å². The molecular formula is C10H15ClO3. The van der Waals surface area contributed by atoms with Gasteiger partial charge in [0.15, 0.2) is 11.6 Å². The lowest BCUT2D eigenvalue weighted by Gasteiger charge is -2.08. The number of alkyl halides is 1. The largest absolute Gasteiger partial charge is 0.371 e. The highest BCUT2D eigenvalue weighted by Gasteiger charge is 2.14. The van der Waals surface area contributed by atoms with E-state index in [1.807, 2.05) is 0 Å². The van der Waals surface area contributed by atoms with Gasteiger partial charge in [0.25, 0.3) is 0 Å². The van der Waals surface area contributed by atoms with Crippen LogP contribution in [0.3, 0.4) is 0 Å². The number of rotatable bonds is 7. The second kappa shape index (κ2) is 7.71. The van der Waals surface area contributed by atoms with Gasteiger partial charge in [0.1, 0.15) is 6.10 Å². The predicted molar refractivity (Wildman–Crippen MR) is 55.6 cm³/mol. The van der Waals surface area contributed by atoms with Gasteiger partial charge in [0.05, 0.1) is 6.42 Å². The molecule has 1 unspecified atom stereocenters. The van der Waals surface area contributed by atoms with Crippen molar-refractivity contribution in [1.29, 1.82) is 0 Å². The Kier molecular flexibility index (Phi) is 7.34. The van der Waals surface area contributed by atoms with Crippen molar-refractivity contribution in [2.45, 2.75) is 26.4 Å². The summed E-state index contributed by atoms with van der Waals surface area (Å²) in [4.78, 5) is 22.4. The second-order valence-electron chi connectivity index (χ2n) is 2.76. The van der Waals surface area contributed by atoms with Crippen LogP contribution in [0.5, 0.6) is 0 Å². The van der Waals surface area contributed by atoms with Gasteiger partial charge in [-0.05, 0) is 19.9 Å². The van der Waals surface area contributed by atoms with Crippen molar-refractivity contribution in [3.05, 3.63) is 12.2 Å². The van der Waals surface area contributed by atoms with Crippen molar-refractivity contribution >= 4 is 23.2 Å². The van der Waals surface area contributed by atoms with E-state index in [0.29, 0.717) is 6.61 Å². The first-order chi connectivity index (χ1) is 6.61. The van der Waals surface area contributed by atoms with Crippen LogP contribution in [0, 0.1) is 0 Å². The Hall–Kier alpha value is -0.670. The standard InChI is InChI=1S/C10H15ClO3/c1-3-14-8(2)10(13)7-9(12)5-4-6-11/h4-5,8H,3,6-7H2,1-2H3/b5-4+. The summed E-state index contributed by atoms with van der Waals surface area (Å²) in [5.74, 6) is -0.153. The molecule has 0 fully saturated rings. The smallest absolute Gasteiger partial charge is 0.168 e. The summed E-state index contributed by atoms with van der Waals surface area (Å²) >= 11 is 5.35. The van der Waals surface area contributed by atoms with Crippen LogP contribution in [0.1, 0.15) is 20.3 Å². The van der Waals surface area contributed by atoms with Gasteiger partial charge in [-0.3, -0.25) is 9.59 Å². The molecule has 0 aliphatic heterocycles. The lowest BCUT2D eigenvalue weighted by Crippen LogP contribution is -2.22. The molecular weight excluding hydrogens is 204 g/mol. The Morgan fingerprint density at radius 3 is 2.64 bits per heavy atom. The summed E-state index contributed by atoms with van der Waals surface area (Å²) in [6.45, 7) is 3.92. The first-order valence-corrected chi connectivity index (χ1v) is 5.04. The van der Waals surface area contributed by atoms with Gasteiger partial charge in [0, 0.05) is 12.5 Å². The fraction of sp³-hybridized carbons (Fsp3) is 0.600. The Labute approximate surface area is 89.1 Å². The molecule has 0 saturated heterocycles. The van der Waals surface area contributed by atoms with Crippen LogP contribution in [-0.4, -0.2) is 30.2 Å². The molecule has 0 rings (SSSR count). The zero-order valence-corrected chi connectivity index (χ0v) is 9.21. The summed E-state index contributed by atoms with van der Waals surface area (Å²) in [5.41, 5.74) is 0. The third-order valence-corrected chi connectivity index (χ3v) is 1.79. The highest BCUT2D eigenvalue weighted by molar-refractivity contribution is 6.19. The summed E-state index contributed by atoms with van der Waals surface area (Å²) in [5, 5.41) is 0. The molecule has 0 amide bonds. The Balaban J connectivity index is 3.93. The normalized spacial score (nSPS) is 13.1. The van der Waals surface area contributed by atoms with Crippen molar-refractivity contribution in [1.82, 2.24) is 0 Å². The Morgan fingerprint density at radius 2 is 2.14 bits per heavy atom. The molecule has 0 heterocycles. The van der Waals surface area contributed by atoms with Gasteiger partial charge in [-0.25, -0.2) is 0 Å². The number of ketones is 2. The Bertz CT molecular complexity index is 223. The van der Waals surface area contributed by atoms with E-state index in [9.17, 15) is 9.59 Å². The first kappa shape index (κ1) is 13.3. The van der Waals surface area contributed by atoms with Gasteiger partial charge in [-0.1, -0.05) is 6.08 Å². The first-order valence-electron chi connectivity index (χ1n) is 4.51. The molecule has 1 atom stereocenters. The zero-order valence-electron chi connectivity index (χ0n) is 8.46. The molecule has 0 aliphatic carbocycles. The summed E-state index contributed by atoms with van der Waals surface area (Å²) in [6.07, 6.45) is 2.22. The van der Waals surface area contributed by atoms with Crippen molar-refractivity contribution in [2.24, 2.45) is 0 Å². The van der Waals surface area contributed by atoms with Crippen LogP contribution in [0.4, 0.5) is 0 Å². The number of carbonyl (C=O) groups excluding carboxylic acids is 2. The maximum atomic E-state index is 11.3. The van der Waals surface area contributed by atoms with Crippen LogP contribution in [0.2, 0.25) is 0 Å². The molecule has 0 saturated carbocycles. The molecule has 0 aromatic carbocycles. The minimum absolute atomic E-state index is 0.117. The number of halogens is 1. The maximum Gasteiger partial charge on any atom is 0.168 e. The molecule has 4 heteroatoms. The topological polar surface area (TPSA) is 43.4 Å². The Morgan fingerprint density at radius 1 is 1.50 bits per heavy atom. The van der Waals surface area contributed by atoms with Crippen LogP contribution in [0.25, 0.3) is 0 Å². The fourth-order valence-electron chi connectivity index (χ4n) is 0.893. The fourth-order valence-corrected chi connectivity index (χ4v) is 0.982. The zero-order chi connectivity index (χ0) is 11.0. The van der Waals surface area contributed by atoms with E-state index < -0.39 is 6.10 Å². The third-order valence-electron chi connectivity index (χ3n) is 1.61. The minimum atomic E-state index is -0.506. The second-order valence-corrected chi connectivity index (χ2v) is 3.07. The quantitative estimate of drug-likeness (QED) is 0.371. The van der Waals surface area contributed by atoms with Crippen molar-refractivity contribution < 1.29 is 14.3 Å². The monoisotopic (exact) mass is 218 g/mol. The van der Waals surface area contributed by atoms with Gasteiger partial charge in [-0.15, -0.1) is 11.6 Å². The summed E-state index contributed by atoms with van der Waals surface area (Å²) in [7, 11) is 0. The van der Waals surface area contributed by atoms with Crippen molar-refractivity contribution in [3.8, 4) is 0 Å².